The van der Waals surface area contributed by atoms with Gasteiger partial charge in [-0.05, 0) is 42.3 Å². The molecular weight excluding hydrogens is 400 g/mol. The van der Waals surface area contributed by atoms with E-state index < -0.39 is 35.2 Å². The molecule has 1 aromatic carbocycles. The first kappa shape index (κ1) is 21.1. The van der Waals surface area contributed by atoms with Crippen LogP contribution in [0.1, 0.15) is 27.2 Å². The van der Waals surface area contributed by atoms with Crippen LogP contribution in [0.25, 0.3) is 0 Å². The van der Waals surface area contributed by atoms with Crippen molar-refractivity contribution in [3.63, 3.8) is 0 Å². The molecule has 0 heterocycles. The molecule has 1 N–H and O–H groups in total. The molecule has 0 bridgehead atoms. The maximum Gasteiger partial charge on any atom is 0.330 e. The van der Waals surface area contributed by atoms with Gasteiger partial charge in [-0.1, -0.05) is 13.0 Å². The molecule has 5 nitrogen and oxygen atoms in total. The Balaban J connectivity index is 2.84. The molecule has 1 amide bonds. The van der Waals surface area contributed by atoms with Crippen LogP contribution in [-0.2, 0) is 14.3 Å². The first-order valence-corrected chi connectivity index (χ1v) is 8.29. The quantitative estimate of drug-likeness (QED) is 0.417. The molecule has 25 heavy (non-hydrogen) atoms. The normalized spacial score (nSPS) is 12.8. The first-order chi connectivity index (χ1) is 11.6. The van der Waals surface area contributed by atoms with Gasteiger partial charge in [-0.2, -0.15) is 0 Å². The number of esters is 1. The molecule has 0 fully saturated rings. The predicted molar refractivity (Wildman–Crippen MR) is 92.1 cm³/mol. The third-order valence-electron chi connectivity index (χ3n) is 3.18. The first-order valence-electron chi connectivity index (χ1n) is 7.50. The Hall–Kier alpha value is -1.96. The number of hydrogen-bond donors (Lipinski definition) is 1. The van der Waals surface area contributed by atoms with Crippen LogP contribution in [0.4, 0.5) is 8.78 Å². The third kappa shape index (κ3) is 6.45. The summed E-state index contributed by atoms with van der Waals surface area (Å²) in [4.78, 5) is 23.5. The zero-order valence-corrected chi connectivity index (χ0v) is 15.9. The molecule has 0 radical (unpaired) electrons. The molecule has 0 spiro atoms. The lowest BCUT2D eigenvalue weighted by molar-refractivity contribution is -0.135. The summed E-state index contributed by atoms with van der Waals surface area (Å²) in [6.07, 6.45) is 2.08. The smallest absolute Gasteiger partial charge is 0.330 e. The van der Waals surface area contributed by atoms with E-state index in [0.29, 0.717) is 6.42 Å². The van der Waals surface area contributed by atoms with Gasteiger partial charge in [0.25, 0.3) is 5.91 Å². The number of halogens is 3. The molecule has 0 aliphatic carbocycles. The number of methoxy groups -OCH3 is 1. The van der Waals surface area contributed by atoms with Gasteiger partial charge >= 0.3 is 5.97 Å². The summed E-state index contributed by atoms with van der Waals surface area (Å²) in [5.41, 5.74) is -0.837. The van der Waals surface area contributed by atoms with Gasteiger partial charge in [0.1, 0.15) is 5.75 Å². The van der Waals surface area contributed by atoms with Crippen LogP contribution in [0.2, 0.25) is 0 Å². The maximum absolute atomic E-state index is 13.4. The minimum atomic E-state index is -1.08. The highest BCUT2D eigenvalue weighted by Crippen LogP contribution is 2.26. The fourth-order valence-electron chi connectivity index (χ4n) is 1.87. The number of rotatable bonds is 7. The molecule has 1 rings (SSSR count). The molecule has 8 heteroatoms. The van der Waals surface area contributed by atoms with E-state index in [2.05, 4.69) is 26.0 Å². The molecule has 1 unspecified atom stereocenters. The average molecular weight is 420 g/mol. The molecule has 0 saturated carbocycles. The molecule has 1 atom stereocenters. The van der Waals surface area contributed by atoms with E-state index in [0.717, 1.165) is 6.07 Å². The van der Waals surface area contributed by atoms with Gasteiger partial charge in [0.15, 0.2) is 17.7 Å². The van der Waals surface area contributed by atoms with E-state index in [-0.39, 0.29) is 10.2 Å². The van der Waals surface area contributed by atoms with Crippen LogP contribution in [0.3, 0.4) is 0 Å². The van der Waals surface area contributed by atoms with Crippen molar-refractivity contribution in [2.75, 3.05) is 7.11 Å². The average Bonchev–Trinajstić information content (AvgIpc) is 2.54. The Morgan fingerprint density at radius 3 is 2.52 bits per heavy atom. The van der Waals surface area contributed by atoms with Crippen molar-refractivity contribution >= 4 is 27.8 Å². The van der Waals surface area contributed by atoms with E-state index >= 15 is 0 Å². The number of amides is 1. The lowest BCUT2D eigenvalue weighted by Crippen LogP contribution is -2.48. The summed E-state index contributed by atoms with van der Waals surface area (Å²) in [5, 5.41) is 2.71. The molecule has 0 aromatic heterocycles. The molecule has 138 valence electrons. The molecule has 0 aliphatic heterocycles. The van der Waals surface area contributed by atoms with E-state index in [1.807, 2.05) is 0 Å². The van der Waals surface area contributed by atoms with E-state index in [4.69, 9.17) is 4.74 Å². The van der Waals surface area contributed by atoms with Crippen molar-refractivity contribution in [1.29, 1.82) is 0 Å². The van der Waals surface area contributed by atoms with Crippen LogP contribution in [-0.4, -0.2) is 30.6 Å². The van der Waals surface area contributed by atoms with Crippen molar-refractivity contribution in [3.05, 3.63) is 40.4 Å². The number of hydrogen-bond acceptors (Lipinski definition) is 4. The van der Waals surface area contributed by atoms with Crippen molar-refractivity contribution in [2.24, 2.45) is 0 Å². The number of benzene rings is 1. The van der Waals surface area contributed by atoms with Crippen LogP contribution in [0, 0.1) is 11.6 Å². The summed E-state index contributed by atoms with van der Waals surface area (Å²) in [6.45, 7) is 5.09. The Labute approximate surface area is 153 Å². The monoisotopic (exact) mass is 419 g/mol. The lowest BCUT2D eigenvalue weighted by atomic mass is 10.0. The minimum absolute atomic E-state index is 0.0238. The fourth-order valence-corrected chi connectivity index (χ4v) is 2.29. The minimum Gasteiger partial charge on any atom is -0.480 e. The Morgan fingerprint density at radius 2 is 2.00 bits per heavy atom. The second-order valence-corrected chi connectivity index (χ2v) is 6.64. The predicted octanol–water partition coefficient (Wildman–Crippen LogP) is 3.51. The highest BCUT2D eigenvalue weighted by atomic mass is 79.9. The summed E-state index contributed by atoms with van der Waals surface area (Å²) in [7, 11) is 1.25. The van der Waals surface area contributed by atoms with Gasteiger partial charge in [-0.15, -0.1) is 0 Å². The van der Waals surface area contributed by atoms with E-state index in [1.54, 1.807) is 20.8 Å². The zero-order valence-electron chi connectivity index (χ0n) is 14.4. The Kier molecular flexibility index (Phi) is 7.54. The SMILES string of the molecule is CCC(Oc1cc(F)c(F)c(Br)c1)C(=O)NC(C)(C)/C=C/C(=O)OC. The standard InChI is InChI=1S/C17H20BrF2NO4/c1-5-13(25-10-8-11(18)15(20)12(19)9-10)16(23)21-17(2,3)7-6-14(22)24-4/h6-9,13H,5H2,1-4H3,(H,21,23)/b7-6+. The van der Waals surface area contributed by atoms with E-state index in [9.17, 15) is 18.4 Å². The van der Waals surface area contributed by atoms with Gasteiger partial charge in [0.05, 0.1) is 17.1 Å². The van der Waals surface area contributed by atoms with Crippen molar-refractivity contribution < 1.29 is 27.8 Å². The summed E-state index contributed by atoms with van der Waals surface area (Å²) >= 11 is 2.89. The van der Waals surface area contributed by atoms with Crippen LogP contribution in [0.15, 0.2) is 28.8 Å². The second-order valence-electron chi connectivity index (χ2n) is 5.78. The Bertz CT molecular complexity index is 654. The maximum atomic E-state index is 13.4. The molecule has 0 aliphatic rings. The summed E-state index contributed by atoms with van der Waals surface area (Å²) < 4.78 is 36.6. The highest BCUT2D eigenvalue weighted by Gasteiger charge is 2.25. The second kappa shape index (κ2) is 8.94. The highest BCUT2D eigenvalue weighted by molar-refractivity contribution is 9.10. The molecule has 0 saturated heterocycles. The fraction of sp³-hybridized carbons (Fsp3) is 0.412. The van der Waals surface area contributed by atoms with Gasteiger partial charge < -0.3 is 14.8 Å². The van der Waals surface area contributed by atoms with Crippen LogP contribution in [0.5, 0.6) is 5.75 Å². The number of carbonyl (C=O) groups is 2. The van der Waals surface area contributed by atoms with Crippen molar-refractivity contribution in [3.8, 4) is 5.75 Å². The third-order valence-corrected chi connectivity index (χ3v) is 3.76. The van der Waals surface area contributed by atoms with Gasteiger partial charge in [0, 0.05) is 12.1 Å². The topological polar surface area (TPSA) is 64.6 Å². The zero-order chi connectivity index (χ0) is 19.2. The van der Waals surface area contributed by atoms with Crippen LogP contribution >= 0.6 is 15.9 Å². The largest absolute Gasteiger partial charge is 0.480 e. The molecular formula is C17H20BrF2NO4. The molecule has 1 aromatic rings. The van der Waals surface area contributed by atoms with E-state index in [1.165, 1.54) is 25.3 Å². The number of ether oxygens (including phenoxy) is 2. The Morgan fingerprint density at radius 1 is 1.36 bits per heavy atom. The van der Waals surface area contributed by atoms with Gasteiger partial charge in [0.2, 0.25) is 0 Å². The van der Waals surface area contributed by atoms with Crippen molar-refractivity contribution in [2.45, 2.75) is 38.8 Å². The number of carbonyl (C=O) groups excluding carboxylic acids is 2. The van der Waals surface area contributed by atoms with Crippen LogP contribution < -0.4 is 10.1 Å². The number of nitrogens with one attached hydrogen (secondary N) is 1. The van der Waals surface area contributed by atoms with Gasteiger partial charge in [-0.3, -0.25) is 4.79 Å². The lowest BCUT2D eigenvalue weighted by Gasteiger charge is -2.26. The van der Waals surface area contributed by atoms with Crippen molar-refractivity contribution in [1.82, 2.24) is 5.32 Å². The van der Waals surface area contributed by atoms with Gasteiger partial charge in [-0.25, -0.2) is 13.6 Å². The summed E-state index contributed by atoms with van der Waals surface area (Å²) in [5.74, 6) is -3.09. The summed E-state index contributed by atoms with van der Waals surface area (Å²) in [6, 6.07) is 2.12.